The summed E-state index contributed by atoms with van der Waals surface area (Å²) in [5.74, 6) is 1.03. The minimum Gasteiger partial charge on any atom is -0.0654 e. The first-order valence-corrected chi connectivity index (χ1v) is 5.73. The van der Waals surface area contributed by atoms with E-state index in [1.807, 2.05) is 0 Å². The lowest BCUT2D eigenvalue weighted by Crippen LogP contribution is -2.11. The van der Waals surface area contributed by atoms with Gasteiger partial charge in [0.05, 0.1) is 0 Å². The summed E-state index contributed by atoms with van der Waals surface area (Å²) < 4.78 is 0. The number of hydrogen-bond acceptors (Lipinski definition) is 0. The maximum absolute atomic E-state index is 2.48. The van der Waals surface area contributed by atoms with E-state index >= 15 is 0 Å². The molecule has 0 nitrogen and oxygen atoms in total. The lowest BCUT2D eigenvalue weighted by molar-refractivity contribution is 0.294. The third kappa shape index (κ3) is 2.50. The second kappa shape index (κ2) is 4.30. The van der Waals surface area contributed by atoms with Crippen LogP contribution in [0.25, 0.3) is 0 Å². The molecule has 0 amide bonds. The fourth-order valence-electron chi connectivity index (χ4n) is 2.29. The second-order valence-electron chi connectivity index (χ2n) is 4.75. The van der Waals surface area contributed by atoms with E-state index in [9.17, 15) is 0 Å². The average Bonchev–Trinajstić information content (AvgIpc) is 2.78. The second-order valence-corrected chi connectivity index (χ2v) is 4.75. The Balaban J connectivity index is 2.17. The highest BCUT2D eigenvalue weighted by Crippen LogP contribution is 2.54. The molecule has 0 saturated heterocycles. The van der Waals surface area contributed by atoms with Crippen LogP contribution < -0.4 is 0 Å². The molecule has 0 bridgehead atoms. The fourth-order valence-corrected chi connectivity index (χ4v) is 2.29. The van der Waals surface area contributed by atoms with Crippen molar-refractivity contribution in [3.05, 3.63) is 0 Å². The summed E-state index contributed by atoms with van der Waals surface area (Å²) in [6, 6.07) is 0. The SMILES string of the molecule is CCCCCC(CC)C1(C)CC1. The van der Waals surface area contributed by atoms with E-state index < -0.39 is 0 Å². The third-order valence-electron chi connectivity index (χ3n) is 3.67. The minimum absolute atomic E-state index is 0.766. The van der Waals surface area contributed by atoms with Crippen LogP contribution in [0.2, 0.25) is 0 Å². The lowest BCUT2D eigenvalue weighted by atomic mass is 9.84. The summed E-state index contributed by atoms with van der Waals surface area (Å²) in [5.41, 5.74) is 0.766. The van der Waals surface area contributed by atoms with Crippen molar-refractivity contribution in [2.75, 3.05) is 0 Å². The maximum atomic E-state index is 2.48. The molecule has 0 aromatic rings. The maximum Gasteiger partial charge on any atom is -0.0297 e. The van der Waals surface area contributed by atoms with Crippen LogP contribution in [0, 0.1) is 11.3 Å². The molecule has 0 spiro atoms. The lowest BCUT2D eigenvalue weighted by Gasteiger charge is -2.21. The third-order valence-corrected chi connectivity index (χ3v) is 3.67. The van der Waals surface area contributed by atoms with E-state index in [0.717, 1.165) is 11.3 Å². The van der Waals surface area contributed by atoms with Crippen molar-refractivity contribution in [2.24, 2.45) is 11.3 Å². The number of rotatable bonds is 6. The van der Waals surface area contributed by atoms with Crippen molar-refractivity contribution >= 4 is 0 Å². The van der Waals surface area contributed by atoms with Crippen LogP contribution in [-0.4, -0.2) is 0 Å². The van der Waals surface area contributed by atoms with Gasteiger partial charge in [-0.15, -0.1) is 0 Å². The molecular formula is C12H24. The van der Waals surface area contributed by atoms with Crippen LogP contribution in [-0.2, 0) is 0 Å². The molecule has 1 atom stereocenters. The van der Waals surface area contributed by atoms with Crippen molar-refractivity contribution in [1.82, 2.24) is 0 Å². The highest BCUT2D eigenvalue weighted by atomic mass is 14.5. The predicted molar refractivity (Wildman–Crippen MR) is 55.3 cm³/mol. The summed E-state index contributed by atoms with van der Waals surface area (Å²) in [7, 11) is 0. The molecule has 0 radical (unpaired) electrons. The van der Waals surface area contributed by atoms with E-state index in [1.54, 1.807) is 0 Å². The zero-order chi connectivity index (χ0) is 9.03. The quantitative estimate of drug-likeness (QED) is 0.516. The van der Waals surface area contributed by atoms with E-state index in [2.05, 4.69) is 20.8 Å². The molecule has 72 valence electrons. The van der Waals surface area contributed by atoms with Gasteiger partial charge in [0.15, 0.2) is 0 Å². The molecule has 0 aromatic carbocycles. The summed E-state index contributed by atoms with van der Waals surface area (Å²) in [6.07, 6.45) is 10.2. The van der Waals surface area contributed by atoms with Crippen LogP contribution in [0.4, 0.5) is 0 Å². The molecule has 12 heavy (non-hydrogen) atoms. The van der Waals surface area contributed by atoms with Crippen molar-refractivity contribution < 1.29 is 0 Å². The molecule has 0 aromatic heterocycles. The molecule has 1 unspecified atom stereocenters. The average molecular weight is 168 g/mol. The standard InChI is InChI=1S/C12H24/c1-4-6-7-8-11(5-2)12(3)9-10-12/h11H,4-10H2,1-3H3. The monoisotopic (exact) mass is 168 g/mol. The zero-order valence-electron chi connectivity index (χ0n) is 9.03. The molecule has 1 saturated carbocycles. The highest BCUT2D eigenvalue weighted by Gasteiger charge is 2.42. The van der Waals surface area contributed by atoms with Gasteiger partial charge in [-0.3, -0.25) is 0 Å². The summed E-state index contributed by atoms with van der Waals surface area (Å²) >= 11 is 0. The number of unbranched alkanes of at least 4 members (excludes halogenated alkanes) is 2. The Hall–Kier alpha value is 0. The Labute approximate surface area is 77.7 Å². The molecule has 1 aliphatic rings. The molecule has 0 heterocycles. The number of hydrogen-bond donors (Lipinski definition) is 0. The minimum atomic E-state index is 0.766. The van der Waals surface area contributed by atoms with Gasteiger partial charge in [-0.25, -0.2) is 0 Å². The van der Waals surface area contributed by atoms with Crippen molar-refractivity contribution in [3.63, 3.8) is 0 Å². The molecule has 1 fully saturated rings. The van der Waals surface area contributed by atoms with Gasteiger partial charge in [-0.1, -0.05) is 46.5 Å². The molecule has 0 N–H and O–H groups in total. The van der Waals surface area contributed by atoms with Crippen LogP contribution in [0.15, 0.2) is 0 Å². The first-order valence-electron chi connectivity index (χ1n) is 5.73. The van der Waals surface area contributed by atoms with Gasteiger partial charge in [-0.05, 0) is 30.6 Å². The van der Waals surface area contributed by atoms with E-state index in [0.29, 0.717) is 0 Å². The first-order chi connectivity index (χ1) is 5.73. The van der Waals surface area contributed by atoms with Gasteiger partial charge in [0, 0.05) is 0 Å². The molecule has 1 rings (SSSR count). The van der Waals surface area contributed by atoms with Crippen LogP contribution in [0.5, 0.6) is 0 Å². The van der Waals surface area contributed by atoms with E-state index in [-0.39, 0.29) is 0 Å². The summed E-state index contributed by atoms with van der Waals surface area (Å²) in [6.45, 7) is 7.13. The Morgan fingerprint density at radius 2 is 1.83 bits per heavy atom. The molecular weight excluding hydrogens is 144 g/mol. The van der Waals surface area contributed by atoms with Gasteiger partial charge in [-0.2, -0.15) is 0 Å². The van der Waals surface area contributed by atoms with Crippen molar-refractivity contribution in [2.45, 2.75) is 65.7 Å². The Bertz CT molecular complexity index is 122. The van der Waals surface area contributed by atoms with Crippen LogP contribution >= 0.6 is 0 Å². The Morgan fingerprint density at radius 1 is 1.17 bits per heavy atom. The summed E-state index contributed by atoms with van der Waals surface area (Å²) in [5, 5.41) is 0. The van der Waals surface area contributed by atoms with E-state index in [1.165, 1.54) is 44.9 Å². The van der Waals surface area contributed by atoms with Gasteiger partial charge >= 0.3 is 0 Å². The Morgan fingerprint density at radius 3 is 2.25 bits per heavy atom. The highest BCUT2D eigenvalue weighted by molar-refractivity contribution is 4.93. The Kier molecular flexibility index (Phi) is 3.61. The smallest absolute Gasteiger partial charge is 0.0297 e. The van der Waals surface area contributed by atoms with Crippen molar-refractivity contribution in [3.8, 4) is 0 Å². The molecule has 1 aliphatic carbocycles. The van der Waals surface area contributed by atoms with Crippen LogP contribution in [0.3, 0.4) is 0 Å². The van der Waals surface area contributed by atoms with Gasteiger partial charge in [0.1, 0.15) is 0 Å². The molecule has 0 aliphatic heterocycles. The normalized spacial score (nSPS) is 22.2. The van der Waals surface area contributed by atoms with Crippen LogP contribution in [0.1, 0.15) is 65.7 Å². The van der Waals surface area contributed by atoms with Gasteiger partial charge < -0.3 is 0 Å². The predicted octanol–water partition coefficient (Wildman–Crippen LogP) is 4.39. The fraction of sp³-hybridized carbons (Fsp3) is 1.00. The topological polar surface area (TPSA) is 0 Å². The van der Waals surface area contributed by atoms with E-state index in [4.69, 9.17) is 0 Å². The first kappa shape index (κ1) is 10.1. The van der Waals surface area contributed by atoms with Gasteiger partial charge in [0.25, 0.3) is 0 Å². The summed E-state index contributed by atoms with van der Waals surface area (Å²) in [4.78, 5) is 0. The largest absolute Gasteiger partial charge is 0.0654 e. The zero-order valence-corrected chi connectivity index (χ0v) is 9.03. The van der Waals surface area contributed by atoms with Crippen molar-refractivity contribution in [1.29, 1.82) is 0 Å². The molecule has 0 heteroatoms. The van der Waals surface area contributed by atoms with Gasteiger partial charge in [0.2, 0.25) is 0 Å².